The van der Waals surface area contributed by atoms with Crippen LogP contribution >= 0.6 is 0 Å². The van der Waals surface area contributed by atoms with E-state index in [9.17, 15) is 4.79 Å². The number of esters is 1. The topological polar surface area (TPSA) is 84.6 Å². The predicted molar refractivity (Wildman–Crippen MR) is 67.0 cm³/mol. The summed E-state index contributed by atoms with van der Waals surface area (Å²) in [5.41, 5.74) is 7.50. The van der Waals surface area contributed by atoms with Gasteiger partial charge in [-0.3, -0.25) is 0 Å². The highest BCUT2D eigenvalue weighted by Gasteiger charge is 2.08. The summed E-state index contributed by atoms with van der Waals surface area (Å²) in [4.78, 5) is 11.4. The summed E-state index contributed by atoms with van der Waals surface area (Å²) >= 11 is 0. The quantitative estimate of drug-likeness (QED) is 0.394. The average Bonchev–Trinajstić information content (AvgIpc) is 2.31. The van der Waals surface area contributed by atoms with Crippen molar-refractivity contribution in [3.8, 4) is 0 Å². The first-order chi connectivity index (χ1) is 8.19. The van der Waals surface area contributed by atoms with Crippen molar-refractivity contribution in [2.45, 2.75) is 13.3 Å². The minimum absolute atomic E-state index is 0.133. The Kier molecular flexibility index (Phi) is 5.29. The lowest BCUT2D eigenvalue weighted by Crippen LogP contribution is -2.08. The molecule has 17 heavy (non-hydrogen) atoms. The van der Waals surface area contributed by atoms with Crippen molar-refractivity contribution in [1.82, 2.24) is 0 Å². The van der Waals surface area contributed by atoms with Gasteiger partial charge in [0.05, 0.1) is 23.5 Å². The van der Waals surface area contributed by atoms with Crippen LogP contribution in [-0.4, -0.2) is 30.8 Å². The van der Waals surface area contributed by atoms with Crippen molar-refractivity contribution in [3.05, 3.63) is 23.8 Å². The first-order valence-electron chi connectivity index (χ1n) is 5.60. The number of aliphatic hydroxyl groups is 1. The molecule has 0 radical (unpaired) electrons. The standard InChI is InChI=1S/C12H18N2O3/c1-2-17-12(16)9-4-5-11(10(13)8-9)14-6-3-7-15/h4-5,8,14-15H,2-3,6-7,13H2,1H3. The third kappa shape index (κ3) is 3.96. The molecule has 4 N–H and O–H groups in total. The van der Waals surface area contributed by atoms with Gasteiger partial charge in [-0.05, 0) is 31.5 Å². The molecule has 0 heterocycles. The molecule has 0 fully saturated rings. The van der Waals surface area contributed by atoms with Crippen LogP contribution in [0.5, 0.6) is 0 Å². The molecule has 0 aromatic heterocycles. The molecular weight excluding hydrogens is 220 g/mol. The third-order valence-corrected chi connectivity index (χ3v) is 2.21. The van der Waals surface area contributed by atoms with Crippen LogP contribution in [0, 0.1) is 0 Å². The van der Waals surface area contributed by atoms with Crippen molar-refractivity contribution in [2.24, 2.45) is 0 Å². The Balaban J connectivity index is 2.68. The van der Waals surface area contributed by atoms with Crippen LogP contribution in [0.2, 0.25) is 0 Å². The van der Waals surface area contributed by atoms with Crippen molar-refractivity contribution < 1.29 is 14.6 Å². The van der Waals surface area contributed by atoms with Gasteiger partial charge in [-0.25, -0.2) is 4.79 Å². The lowest BCUT2D eigenvalue weighted by molar-refractivity contribution is 0.0526. The molecule has 1 aromatic carbocycles. The highest BCUT2D eigenvalue weighted by Crippen LogP contribution is 2.20. The van der Waals surface area contributed by atoms with Crippen LogP contribution in [0.1, 0.15) is 23.7 Å². The largest absolute Gasteiger partial charge is 0.462 e. The number of carbonyl (C=O) groups is 1. The summed E-state index contributed by atoms with van der Waals surface area (Å²) < 4.78 is 4.87. The molecule has 1 aromatic rings. The van der Waals surface area contributed by atoms with E-state index in [1.165, 1.54) is 0 Å². The molecule has 5 heteroatoms. The molecule has 0 aliphatic rings. The molecule has 0 unspecified atom stereocenters. The van der Waals surface area contributed by atoms with Gasteiger partial charge in [0, 0.05) is 13.2 Å². The van der Waals surface area contributed by atoms with Crippen LogP contribution in [0.4, 0.5) is 11.4 Å². The SMILES string of the molecule is CCOC(=O)c1ccc(NCCCO)c(N)c1. The van der Waals surface area contributed by atoms with Crippen molar-refractivity contribution in [1.29, 1.82) is 0 Å². The van der Waals surface area contributed by atoms with Crippen molar-refractivity contribution >= 4 is 17.3 Å². The molecule has 0 atom stereocenters. The van der Waals surface area contributed by atoms with Gasteiger partial charge in [0.25, 0.3) is 0 Å². The number of rotatable bonds is 6. The number of hydrogen-bond donors (Lipinski definition) is 3. The minimum Gasteiger partial charge on any atom is -0.462 e. The van der Waals surface area contributed by atoms with E-state index in [0.29, 0.717) is 30.8 Å². The maximum atomic E-state index is 11.4. The van der Waals surface area contributed by atoms with E-state index in [1.54, 1.807) is 25.1 Å². The molecule has 0 amide bonds. The van der Waals surface area contributed by atoms with E-state index in [-0.39, 0.29) is 12.6 Å². The molecule has 0 spiro atoms. The summed E-state index contributed by atoms with van der Waals surface area (Å²) in [5, 5.41) is 11.7. The zero-order valence-electron chi connectivity index (χ0n) is 9.90. The molecule has 0 aliphatic carbocycles. The number of ether oxygens (including phenoxy) is 1. The van der Waals surface area contributed by atoms with E-state index < -0.39 is 0 Å². The van der Waals surface area contributed by atoms with Gasteiger partial charge in [-0.1, -0.05) is 0 Å². The Hall–Kier alpha value is -1.75. The second-order valence-corrected chi connectivity index (χ2v) is 3.53. The first-order valence-corrected chi connectivity index (χ1v) is 5.60. The van der Waals surface area contributed by atoms with Gasteiger partial charge in [0.1, 0.15) is 0 Å². The monoisotopic (exact) mass is 238 g/mol. The lowest BCUT2D eigenvalue weighted by Gasteiger charge is -2.10. The smallest absolute Gasteiger partial charge is 0.338 e. The van der Waals surface area contributed by atoms with Crippen molar-refractivity contribution in [3.63, 3.8) is 0 Å². The van der Waals surface area contributed by atoms with Crippen LogP contribution < -0.4 is 11.1 Å². The Labute approximate surface area is 101 Å². The number of anilines is 2. The first kappa shape index (κ1) is 13.3. The molecule has 1 rings (SSSR count). The Morgan fingerprint density at radius 1 is 1.53 bits per heavy atom. The summed E-state index contributed by atoms with van der Waals surface area (Å²) in [6.07, 6.45) is 0.652. The second-order valence-electron chi connectivity index (χ2n) is 3.53. The fourth-order valence-electron chi connectivity index (χ4n) is 1.37. The number of aliphatic hydroxyl groups excluding tert-OH is 1. The van der Waals surface area contributed by atoms with Gasteiger partial charge < -0.3 is 20.9 Å². The molecule has 0 saturated carbocycles. The van der Waals surface area contributed by atoms with E-state index in [2.05, 4.69) is 5.32 Å². The summed E-state index contributed by atoms with van der Waals surface area (Å²) in [5.74, 6) is -0.374. The summed E-state index contributed by atoms with van der Waals surface area (Å²) in [6.45, 7) is 2.87. The molecule has 94 valence electrons. The highest BCUT2D eigenvalue weighted by atomic mass is 16.5. The molecule has 5 nitrogen and oxygen atoms in total. The van der Waals surface area contributed by atoms with E-state index >= 15 is 0 Å². The summed E-state index contributed by atoms with van der Waals surface area (Å²) in [6, 6.07) is 4.98. The van der Waals surface area contributed by atoms with E-state index in [4.69, 9.17) is 15.6 Å². The average molecular weight is 238 g/mol. The maximum absolute atomic E-state index is 11.4. The maximum Gasteiger partial charge on any atom is 0.338 e. The second kappa shape index (κ2) is 6.75. The fourth-order valence-corrected chi connectivity index (χ4v) is 1.37. The number of benzene rings is 1. The number of nitrogens with two attached hydrogens (primary N) is 1. The zero-order chi connectivity index (χ0) is 12.7. The zero-order valence-corrected chi connectivity index (χ0v) is 9.90. The number of nitrogens with one attached hydrogen (secondary N) is 1. The Bertz CT molecular complexity index is 380. The van der Waals surface area contributed by atoms with Crippen LogP contribution in [0.15, 0.2) is 18.2 Å². The molecule has 0 saturated heterocycles. The number of nitrogen functional groups attached to an aromatic ring is 1. The van der Waals surface area contributed by atoms with Crippen molar-refractivity contribution in [2.75, 3.05) is 30.8 Å². The normalized spacial score (nSPS) is 10.0. The third-order valence-electron chi connectivity index (χ3n) is 2.21. The Morgan fingerprint density at radius 2 is 2.29 bits per heavy atom. The van der Waals surface area contributed by atoms with Gasteiger partial charge in [0.15, 0.2) is 0 Å². The van der Waals surface area contributed by atoms with Crippen LogP contribution in [-0.2, 0) is 4.74 Å². The Morgan fingerprint density at radius 3 is 2.88 bits per heavy atom. The molecule has 0 bridgehead atoms. The highest BCUT2D eigenvalue weighted by molar-refractivity contribution is 5.91. The van der Waals surface area contributed by atoms with Gasteiger partial charge in [0.2, 0.25) is 0 Å². The molecular formula is C12H18N2O3. The van der Waals surface area contributed by atoms with E-state index in [0.717, 1.165) is 5.69 Å². The minimum atomic E-state index is -0.374. The van der Waals surface area contributed by atoms with Crippen LogP contribution in [0.3, 0.4) is 0 Å². The van der Waals surface area contributed by atoms with Crippen LogP contribution in [0.25, 0.3) is 0 Å². The molecule has 0 aliphatic heterocycles. The fraction of sp³-hybridized carbons (Fsp3) is 0.417. The number of hydrogen-bond acceptors (Lipinski definition) is 5. The van der Waals surface area contributed by atoms with Gasteiger partial charge in [-0.15, -0.1) is 0 Å². The lowest BCUT2D eigenvalue weighted by atomic mass is 10.1. The van der Waals surface area contributed by atoms with E-state index in [1.807, 2.05) is 0 Å². The summed E-state index contributed by atoms with van der Waals surface area (Å²) in [7, 11) is 0. The van der Waals surface area contributed by atoms with Gasteiger partial charge in [-0.2, -0.15) is 0 Å². The number of carbonyl (C=O) groups excluding carboxylic acids is 1. The van der Waals surface area contributed by atoms with Gasteiger partial charge >= 0.3 is 5.97 Å². The predicted octanol–water partition coefficient (Wildman–Crippen LogP) is 1.24.